The van der Waals surface area contributed by atoms with Crippen LogP contribution in [0.2, 0.25) is 0 Å². The van der Waals surface area contributed by atoms with Crippen molar-refractivity contribution in [2.45, 2.75) is 19.3 Å². The quantitative estimate of drug-likeness (QED) is 0.484. The van der Waals surface area contributed by atoms with E-state index in [9.17, 15) is 4.79 Å². The van der Waals surface area contributed by atoms with Gasteiger partial charge in [0.2, 0.25) is 5.91 Å². The Labute approximate surface area is 193 Å². The smallest absolute Gasteiger partial charge is 0.224 e. The molecule has 6 heteroatoms. The average molecular weight is 445 g/mol. The minimum absolute atomic E-state index is 0.0791. The summed E-state index contributed by atoms with van der Waals surface area (Å²) in [5, 5.41) is 16.3. The van der Waals surface area contributed by atoms with Gasteiger partial charge in [-0.25, -0.2) is 0 Å². The lowest BCUT2D eigenvalue weighted by Crippen LogP contribution is -2.46. The van der Waals surface area contributed by atoms with Crippen molar-refractivity contribution in [1.82, 2.24) is 4.90 Å². The Morgan fingerprint density at radius 3 is 2.53 bits per heavy atom. The number of nitrogens with one attached hydrogen (secondary N) is 1. The number of benzene rings is 2. The number of unbranched alkanes of at least 4 members (excludes halogenated alkanes) is 1. The van der Waals surface area contributed by atoms with Gasteiger partial charge < -0.3 is 10.2 Å². The molecule has 164 valence electrons. The van der Waals surface area contributed by atoms with Crippen LogP contribution < -0.4 is 10.2 Å². The maximum absolute atomic E-state index is 12.3. The molecule has 0 saturated carbocycles. The lowest BCUT2D eigenvalue weighted by Gasteiger charge is -2.36. The summed E-state index contributed by atoms with van der Waals surface area (Å²) in [5.41, 5.74) is 5.07. The van der Waals surface area contributed by atoms with Crippen LogP contribution >= 0.6 is 11.3 Å². The van der Waals surface area contributed by atoms with E-state index in [4.69, 9.17) is 5.26 Å². The third-order valence-corrected chi connectivity index (χ3v) is 6.55. The average Bonchev–Trinajstić information content (AvgIpc) is 3.38. The van der Waals surface area contributed by atoms with E-state index >= 15 is 0 Å². The summed E-state index contributed by atoms with van der Waals surface area (Å²) in [4.78, 5) is 17.1. The van der Waals surface area contributed by atoms with Gasteiger partial charge in [0.25, 0.3) is 0 Å². The second-order valence-corrected chi connectivity index (χ2v) is 8.87. The summed E-state index contributed by atoms with van der Waals surface area (Å²) in [6, 6.07) is 20.2. The molecule has 2 heterocycles. The maximum atomic E-state index is 12.3. The highest BCUT2D eigenvalue weighted by molar-refractivity contribution is 7.08. The normalized spacial score (nSPS) is 14.2. The van der Waals surface area contributed by atoms with E-state index in [2.05, 4.69) is 44.1 Å². The summed E-state index contributed by atoms with van der Waals surface area (Å²) < 4.78 is 0. The Morgan fingerprint density at radius 1 is 1.00 bits per heavy atom. The van der Waals surface area contributed by atoms with Gasteiger partial charge in [0.1, 0.15) is 0 Å². The lowest BCUT2D eigenvalue weighted by molar-refractivity contribution is -0.116. The number of nitriles is 1. The van der Waals surface area contributed by atoms with Crippen LogP contribution in [0.25, 0.3) is 11.1 Å². The molecule has 1 amide bonds. The fraction of sp³-hybridized carbons (Fsp3) is 0.308. The number of anilines is 2. The van der Waals surface area contributed by atoms with E-state index in [1.165, 1.54) is 11.1 Å². The van der Waals surface area contributed by atoms with Crippen molar-refractivity contribution >= 4 is 28.6 Å². The van der Waals surface area contributed by atoms with Gasteiger partial charge in [-0.2, -0.15) is 16.6 Å². The number of hydrogen-bond donors (Lipinski definition) is 1. The zero-order valence-corrected chi connectivity index (χ0v) is 19.0. The van der Waals surface area contributed by atoms with Crippen LogP contribution in [0.1, 0.15) is 24.8 Å². The third-order valence-electron chi connectivity index (χ3n) is 5.86. The van der Waals surface area contributed by atoms with E-state index in [0.29, 0.717) is 12.0 Å². The van der Waals surface area contributed by atoms with Crippen LogP contribution in [0, 0.1) is 11.3 Å². The number of rotatable bonds is 8. The van der Waals surface area contributed by atoms with Gasteiger partial charge in [0.15, 0.2) is 0 Å². The fourth-order valence-electron chi connectivity index (χ4n) is 4.02. The first-order chi connectivity index (χ1) is 15.7. The first-order valence-electron chi connectivity index (χ1n) is 11.1. The first kappa shape index (κ1) is 22.1. The Morgan fingerprint density at radius 2 is 1.81 bits per heavy atom. The van der Waals surface area contributed by atoms with Gasteiger partial charge in [0.05, 0.1) is 11.6 Å². The number of amides is 1. The van der Waals surface area contributed by atoms with Gasteiger partial charge in [-0.05, 0) is 77.7 Å². The third kappa shape index (κ3) is 5.97. The SMILES string of the molecule is N#Cc1cccc(N2CCN(CCCCC(=O)Nc3ccc(-c4ccsc4)cc3)CC2)c1. The Bertz CT molecular complexity index is 1050. The Balaban J connectivity index is 1.13. The highest BCUT2D eigenvalue weighted by Crippen LogP contribution is 2.23. The minimum atomic E-state index is 0.0791. The van der Waals surface area contributed by atoms with Crippen molar-refractivity contribution in [1.29, 1.82) is 5.26 Å². The molecule has 2 aromatic carbocycles. The zero-order chi connectivity index (χ0) is 22.2. The van der Waals surface area contributed by atoms with Crippen molar-refractivity contribution < 1.29 is 4.79 Å². The predicted molar refractivity (Wildman–Crippen MR) is 132 cm³/mol. The van der Waals surface area contributed by atoms with Crippen LogP contribution in [-0.4, -0.2) is 43.5 Å². The maximum Gasteiger partial charge on any atom is 0.224 e. The summed E-state index contributed by atoms with van der Waals surface area (Å²) in [7, 11) is 0. The number of hydrogen-bond acceptors (Lipinski definition) is 5. The number of carbonyl (C=O) groups excluding carboxylic acids is 1. The molecule has 3 aromatic rings. The van der Waals surface area contributed by atoms with Crippen LogP contribution in [0.4, 0.5) is 11.4 Å². The number of piperazine rings is 1. The molecule has 32 heavy (non-hydrogen) atoms. The van der Waals surface area contributed by atoms with Gasteiger partial charge in [-0.15, -0.1) is 0 Å². The molecule has 1 N–H and O–H groups in total. The molecular weight excluding hydrogens is 416 g/mol. The second kappa shape index (κ2) is 10.9. The molecular formula is C26H28N4OS. The van der Waals surface area contributed by atoms with Gasteiger partial charge >= 0.3 is 0 Å². The van der Waals surface area contributed by atoms with Gasteiger partial charge in [0, 0.05) is 44.0 Å². The van der Waals surface area contributed by atoms with Crippen molar-refractivity contribution in [2.75, 3.05) is 42.9 Å². The zero-order valence-electron chi connectivity index (χ0n) is 18.2. The highest BCUT2D eigenvalue weighted by atomic mass is 32.1. The predicted octanol–water partition coefficient (Wildman–Crippen LogP) is 5.22. The number of nitrogens with zero attached hydrogens (tertiary/aromatic N) is 3. The van der Waals surface area contributed by atoms with Crippen LogP contribution in [-0.2, 0) is 4.79 Å². The van der Waals surface area contributed by atoms with Crippen molar-refractivity contribution in [2.24, 2.45) is 0 Å². The first-order valence-corrected chi connectivity index (χ1v) is 12.1. The van der Waals surface area contributed by atoms with E-state index < -0.39 is 0 Å². The van der Waals surface area contributed by atoms with E-state index in [-0.39, 0.29) is 5.91 Å². The van der Waals surface area contributed by atoms with E-state index in [1.807, 2.05) is 42.5 Å². The molecule has 0 unspecified atom stereocenters. The molecule has 1 aliphatic rings. The summed E-state index contributed by atoms with van der Waals surface area (Å²) in [6.45, 7) is 4.99. The molecule has 1 aliphatic heterocycles. The molecule has 0 spiro atoms. The van der Waals surface area contributed by atoms with Crippen LogP contribution in [0.3, 0.4) is 0 Å². The largest absolute Gasteiger partial charge is 0.369 e. The molecule has 0 atom stereocenters. The summed E-state index contributed by atoms with van der Waals surface area (Å²) >= 11 is 1.68. The lowest BCUT2D eigenvalue weighted by atomic mass is 10.1. The van der Waals surface area contributed by atoms with Crippen molar-refractivity contribution in [3.05, 3.63) is 70.9 Å². The molecule has 1 saturated heterocycles. The summed E-state index contributed by atoms with van der Waals surface area (Å²) in [5.74, 6) is 0.0791. The van der Waals surface area contributed by atoms with E-state index in [0.717, 1.165) is 56.9 Å². The molecule has 0 bridgehead atoms. The molecule has 0 aliphatic carbocycles. The summed E-state index contributed by atoms with van der Waals surface area (Å²) in [6.07, 6.45) is 2.46. The Hall–Kier alpha value is -3.14. The van der Waals surface area contributed by atoms with E-state index in [1.54, 1.807) is 11.3 Å². The number of thiophene rings is 1. The Kier molecular flexibility index (Phi) is 7.55. The van der Waals surface area contributed by atoms with Crippen molar-refractivity contribution in [3.8, 4) is 17.2 Å². The molecule has 5 nitrogen and oxygen atoms in total. The number of carbonyl (C=O) groups is 1. The molecule has 0 radical (unpaired) electrons. The topological polar surface area (TPSA) is 59.4 Å². The molecule has 1 fully saturated rings. The second-order valence-electron chi connectivity index (χ2n) is 8.09. The highest BCUT2D eigenvalue weighted by Gasteiger charge is 2.17. The fourth-order valence-corrected chi connectivity index (χ4v) is 4.69. The molecule has 1 aromatic heterocycles. The van der Waals surface area contributed by atoms with Crippen molar-refractivity contribution in [3.63, 3.8) is 0 Å². The van der Waals surface area contributed by atoms with Gasteiger partial charge in [-0.3, -0.25) is 9.69 Å². The molecule has 4 rings (SSSR count). The van der Waals surface area contributed by atoms with Crippen LogP contribution in [0.15, 0.2) is 65.4 Å². The van der Waals surface area contributed by atoms with Gasteiger partial charge in [-0.1, -0.05) is 18.2 Å². The monoisotopic (exact) mass is 444 g/mol. The van der Waals surface area contributed by atoms with Crippen LogP contribution in [0.5, 0.6) is 0 Å². The standard InChI is InChI=1S/C26H28N4OS/c27-19-21-4-3-5-25(18-21)30-15-13-29(14-16-30)12-2-1-6-26(31)28-24-9-7-22(8-10-24)23-11-17-32-20-23/h3-5,7-11,17-18,20H,1-2,6,12-16H2,(H,28,31). The minimum Gasteiger partial charge on any atom is -0.369 e.